The lowest BCUT2D eigenvalue weighted by atomic mass is 10.0. The van der Waals surface area contributed by atoms with E-state index in [0.29, 0.717) is 56.9 Å². The summed E-state index contributed by atoms with van der Waals surface area (Å²) in [6.45, 7) is 2.06. The van der Waals surface area contributed by atoms with Gasteiger partial charge in [0.1, 0.15) is 12.0 Å². The third-order valence-electron chi connectivity index (χ3n) is 8.46. The molecule has 0 spiro atoms. The maximum Gasteiger partial charge on any atom is 0.430 e. The molecule has 2 fully saturated rings. The number of hydrogen-bond donors (Lipinski definition) is 7. The topological polar surface area (TPSA) is 259 Å². The van der Waals surface area contributed by atoms with Crippen LogP contribution in [0.25, 0.3) is 0 Å². The van der Waals surface area contributed by atoms with Crippen molar-refractivity contribution in [2.75, 3.05) is 43.9 Å². The van der Waals surface area contributed by atoms with Crippen LogP contribution in [0.5, 0.6) is 0 Å². The summed E-state index contributed by atoms with van der Waals surface area (Å²) in [5.74, 6) is -2.36. The molecule has 0 saturated carbocycles. The Morgan fingerprint density at radius 3 is 2.00 bits per heavy atom. The van der Waals surface area contributed by atoms with Crippen LogP contribution in [0.2, 0.25) is 0 Å². The van der Waals surface area contributed by atoms with Crippen molar-refractivity contribution in [1.82, 2.24) is 31.9 Å². The number of thioether (sulfide) groups is 1. The summed E-state index contributed by atoms with van der Waals surface area (Å²) in [4.78, 5) is 69.8. The Morgan fingerprint density at radius 2 is 1.42 bits per heavy atom. The largest absolute Gasteiger partial charge is 0.542 e. The van der Waals surface area contributed by atoms with E-state index in [1.807, 2.05) is 11.8 Å². The summed E-state index contributed by atoms with van der Waals surface area (Å²) in [6, 6.07) is -0.366. The molecular weight excluding hydrogens is 792 g/mol. The number of carboxylic acid groups (broad SMARTS) is 1. The Morgan fingerprint density at radius 1 is 0.855 bits per heavy atom. The number of carbonyl (C=O) groups is 6. The van der Waals surface area contributed by atoms with Crippen LogP contribution in [0.1, 0.15) is 96.3 Å². The monoisotopic (exact) mass is 849 g/mol. The number of alkyl halides is 3. The maximum absolute atomic E-state index is 12.7. The highest BCUT2D eigenvalue weighted by Gasteiger charge is 2.42. The summed E-state index contributed by atoms with van der Waals surface area (Å²) in [6.07, 6.45) is 6.57. The predicted molar refractivity (Wildman–Crippen MR) is 202 cm³/mol. The smallest absolute Gasteiger partial charge is 0.430 e. The highest BCUT2D eigenvalue weighted by molar-refractivity contribution is 8.71. The van der Waals surface area contributed by atoms with Gasteiger partial charge in [-0.15, -0.1) is 0 Å². The van der Waals surface area contributed by atoms with E-state index in [1.165, 1.54) is 0 Å². The predicted octanol–water partition coefficient (Wildman–Crippen LogP) is 0.0700. The lowest BCUT2D eigenvalue weighted by Crippen LogP contribution is -2.50. The molecule has 0 bridgehead atoms. The molecule has 318 valence electrons. The van der Waals surface area contributed by atoms with Crippen molar-refractivity contribution >= 4 is 67.1 Å². The normalized spacial score (nSPS) is 18.1. The van der Waals surface area contributed by atoms with Crippen molar-refractivity contribution in [3.05, 3.63) is 0 Å². The van der Waals surface area contributed by atoms with Crippen LogP contribution in [0, 0.1) is 0 Å². The first-order chi connectivity index (χ1) is 25.9. The van der Waals surface area contributed by atoms with Crippen molar-refractivity contribution in [1.29, 1.82) is 0 Å². The lowest BCUT2D eigenvalue weighted by molar-refractivity contribution is -0.368. The average Bonchev–Trinajstić information content (AvgIpc) is 3.66. The number of unbranched alkanes of at least 4 members (excludes halogenated alkanes) is 6. The van der Waals surface area contributed by atoms with E-state index < -0.39 is 27.1 Å². The number of quaternary nitrogens is 1. The van der Waals surface area contributed by atoms with Gasteiger partial charge in [0.05, 0.1) is 18.6 Å². The van der Waals surface area contributed by atoms with Gasteiger partial charge in [0, 0.05) is 61.9 Å². The van der Waals surface area contributed by atoms with Crippen LogP contribution >= 0.6 is 22.6 Å². The van der Waals surface area contributed by atoms with E-state index in [1.54, 1.807) is 0 Å². The van der Waals surface area contributed by atoms with Crippen molar-refractivity contribution in [2.24, 2.45) is 0 Å². The molecule has 3 unspecified atom stereocenters. The number of amides is 6. The van der Waals surface area contributed by atoms with Crippen molar-refractivity contribution in [3.63, 3.8) is 0 Å². The third-order valence-corrected chi connectivity index (χ3v) is 12.6. The van der Waals surface area contributed by atoms with Gasteiger partial charge in [-0.25, -0.2) is 13.2 Å². The van der Waals surface area contributed by atoms with E-state index in [2.05, 4.69) is 37.6 Å². The fourth-order valence-corrected chi connectivity index (χ4v) is 8.82. The highest BCUT2D eigenvalue weighted by Crippen LogP contribution is 2.33. The second kappa shape index (κ2) is 27.6. The van der Waals surface area contributed by atoms with Gasteiger partial charge in [-0.05, 0) is 75.0 Å². The maximum atomic E-state index is 12.7. The number of fused-ring (bicyclic) bond motifs is 1. The minimum atomic E-state index is -5.19. The van der Waals surface area contributed by atoms with Gasteiger partial charge in [0.25, 0.3) is 0 Å². The Bertz CT molecular complexity index is 1330. The first-order valence-electron chi connectivity index (χ1n) is 18.6. The molecule has 0 radical (unpaired) electrons. The number of urea groups is 1. The van der Waals surface area contributed by atoms with Gasteiger partial charge >= 0.3 is 12.2 Å². The summed E-state index contributed by atoms with van der Waals surface area (Å²) < 4.78 is 54.2. The van der Waals surface area contributed by atoms with E-state index in [9.17, 15) is 45.6 Å². The van der Waals surface area contributed by atoms with Crippen LogP contribution in [-0.2, 0) is 32.8 Å². The molecule has 9 N–H and O–H groups in total. The molecule has 2 aliphatic heterocycles. The summed E-state index contributed by atoms with van der Waals surface area (Å²) in [5, 5.41) is 26.5. The van der Waals surface area contributed by atoms with E-state index in [-0.39, 0.29) is 54.0 Å². The number of carbonyl (C=O) groups excluding carboxylic acids is 6. The van der Waals surface area contributed by atoms with Crippen molar-refractivity contribution in [2.45, 2.75) is 126 Å². The molecule has 6 amide bonds. The minimum absolute atomic E-state index is 0.0352. The fraction of sp³-hybridized carbons (Fsp3) is 0.818. The molecule has 0 aromatic heterocycles. The first kappa shape index (κ1) is 50.0. The van der Waals surface area contributed by atoms with Gasteiger partial charge in [-0.2, -0.15) is 24.9 Å². The molecule has 22 heteroatoms. The average molecular weight is 850 g/mol. The second-order valence-electron chi connectivity index (χ2n) is 13.3. The van der Waals surface area contributed by atoms with E-state index in [0.717, 1.165) is 87.1 Å². The Labute approximate surface area is 329 Å². The molecule has 2 heterocycles. The van der Waals surface area contributed by atoms with Gasteiger partial charge < -0.3 is 47.5 Å². The zero-order valence-electron chi connectivity index (χ0n) is 31.4. The van der Waals surface area contributed by atoms with Crippen molar-refractivity contribution in [3.8, 4) is 0 Å². The molecule has 2 saturated heterocycles. The van der Waals surface area contributed by atoms with Gasteiger partial charge in [0.15, 0.2) is 8.87 Å². The molecule has 4 atom stereocenters. The van der Waals surface area contributed by atoms with Crippen LogP contribution in [0.4, 0.5) is 18.0 Å². The SMILES string of the molecule is CS(=O)(=O)SCCNC(=O)[C@H](CCCCNC(=O)CCCCCNC(=O)CCCCC1SCC2NC(=O)NC21)NC(=O)CCCCC[NH3+].O=C([O-])C(F)(F)F. The molecule has 55 heavy (non-hydrogen) atoms. The number of rotatable bonds is 27. The second-order valence-corrected chi connectivity index (χ2v) is 19.1. The molecule has 0 aromatic rings. The highest BCUT2D eigenvalue weighted by atomic mass is 33.1. The molecule has 2 aliphatic rings. The van der Waals surface area contributed by atoms with Crippen LogP contribution in [0.3, 0.4) is 0 Å². The zero-order valence-corrected chi connectivity index (χ0v) is 33.8. The molecule has 0 aromatic carbocycles. The minimum Gasteiger partial charge on any atom is -0.542 e. The lowest BCUT2D eigenvalue weighted by Gasteiger charge is -2.18. The number of halogens is 3. The summed E-state index contributed by atoms with van der Waals surface area (Å²) >= 11 is 1.89. The van der Waals surface area contributed by atoms with Gasteiger partial charge in [-0.1, -0.05) is 12.8 Å². The zero-order chi connectivity index (χ0) is 41.3. The Hall–Kier alpha value is -2.98. The summed E-state index contributed by atoms with van der Waals surface area (Å²) in [5.41, 5.74) is 3.80. The Kier molecular flexibility index (Phi) is 25.1. The van der Waals surface area contributed by atoms with Crippen LogP contribution in [-0.4, -0.2) is 118 Å². The van der Waals surface area contributed by atoms with E-state index in [4.69, 9.17) is 9.90 Å². The molecule has 2 rings (SSSR count). The van der Waals surface area contributed by atoms with Gasteiger partial charge in [0.2, 0.25) is 23.6 Å². The third kappa shape index (κ3) is 25.0. The Balaban J connectivity index is 0.00000196. The first-order valence-corrected chi connectivity index (χ1v) is 23.1. The van der Waals surface area contributed by atoms with Crippen molar-refractivity contribution < 1.29 is 61.2 Å². The number of carboxylic acids is 1. The molecule has 16 nitrogen and oxygen atoms in total. The summed E-state index contributed by atoms with van der Waals surface area (Å²) in [7, 11) is -2.43. The number of nitrogens with one attached hydrogen (secondary N) is 6. The van der Waals surface area contributed by atoms with Gasteiger partial charge in [-0.3, -0.25) is 19.2 Å². The fourth-order valence-electron chi connectivity index (χ4n) is 5.63. The quantitative estimate of drug-likeness (QED) is 0.0331. The van der Waals surface area contributed by atoms with E-state index >= 15 is 0 Å². The standard InChI is InChI=1S/C31H57N7O7S3.C2HF3O2/c1-48(44,45)47-21-20-35-30(42)23(36-28(41)16-4-2-9-17-32)12-8-11-19-34-26(39)14-5-3-10-18-33-27(40)15-7-6-13-25-29-24(22-46-25)37-31(43)38-29;3-2(4,5)1(6)7/h23-25,29H,2-22,32H2,1H3,(H,33,40)(H,34,39)(H,35,42)(H,36,41)(H2,37,38,43);(H,6,7)/t23-,24?,25?,29?;/m0./s1. The molecular formula is C33H58F3N7O9S3. The van der Waals surface area contributed by atoms with Crippen LogP contribution < -0.4 is 42.7 Å². The molecule has 0 aliphatic carbocycles. The number of hydrogen-bond acceptors (Lipinski definition) is 11. The number of aliphatic carboxylic acids is 1. The van der Waals surface area contributed by atoms with Crippen LogP contribution in [0.15, 0.2) is 0 Å².